The summed E-state index contributed by atoms with van der Waals surface area (Å²) >= 11 is 5.98. The van der Waals surface area contributed by atoms with Crippen molar-refractivity contribution >= 4 is 35.3 Å². The molecular formula is C17H23ClN2O6. The Hall–Kier alpha value is -2.32. The van der Waals surface area contributed by atoms with Crippen LogP contribution in [-0.4, -0.2) is 41.8 Å². The number of nitrogens with one attached hydrogen (secondary N) is 2. The lowest BCUT2D eigenvalue weighted by Crippen LogP contribution is -2.34. The van der Waals surface area contributed by atoms with Crippen molar-refractivity contribution in [3.63, 3.8) is 0 Å². The van der Waals surface area contributed by atoms with E-state index in [1.54, 1.807) is 33.8 Å². The Morgan fingerprint density at radius 1 is 1.15 bits per heavy atom. The number of halogens is 1. The number of carbonyl (C=O) groups excluding carboxylic acids is 2. The van der Waals surface area contributed by atoms with Crippen LogP contribution in [0.4, 0.5) is 10.5 Å². The lowest BCUT2D eigenvalue weighted by atomic mass is 10.1. The van der Waals surface area contributed by atoms with E-state index < -0.39 is 23.6 Å². The minimum Gasteiger partial charge on any atom is -0.465 e. The molecule has 8 nitrogen and oxygen atoms in total. The number of aryl methyl sites for hydroxylation is 1. The van der Waals surface area contributed by atoms with Crippen molar-refractivity contribution in [2.45, 2.75) is 39.9 Å². The maximum atomic E-state index is 11.8. The molecule has 9 heteroatoms. The van der Waals surface area contributed by atoms with E-state index in [0.29, 0.717) is 10.6 Å². The van der Waals surface area contributed by atoms with E-state index in [0.717, 1.165) is 5.56 Å². The van der Waals surface area contributed by atoms with Gasteiger partial charge < -0.3 is 14.6 Å². The largest absolute Gasteiger partial charge is 0.465 e. The first-order valence-corrected chi connectivity index (χ1v) is 8.23. The molecule has 0 heterocycles. The fourth-order valence-electron chi connectivity index (χ4n) is 1.95. The highest BCUT2D eigenvalue weighted by atomic mass is 35.5. The monoisotopic (exact) mass is 386 g/mol. The summed E-state index contributed by atoms with van der Waals surface area (Å²) in [6.07, 6.45) is -1.25. The number of carboxylic acid groups (broad SMARTS) is 1. The van der Waals surface area contributed by atoms with Gasteiger partial charge in [0, 0.05) is 10.6 Å². The van der Waals surface area contributed by atoms with Crippen molar-refractivity contribution in [2.75, 3.05) is 18.4 Å². The molecule has 1 aromatic rings. The fourth-order valence-corrected chi connectivity index (χ4v) is 2.11. The Balaban J connectivity index is 2.53. The zero-order valence-corrected chi connectivity index (χ0v) is 15.9. The number of anilines is 1. The molecule has 0 atom stereocenters. The summed E-state index contributed by atoms with van der Waals surface area (Å²) in [5, 5.41) is 14.1. The number of ether oxygens (including phenoxy) is 2. The zero-order chi connectivity index (χ0) is 19.9. The van der Waals surface area contributed by atoms with E-state index in [2.05, 4.69) is 10.6 Å². The molecule has 0 aliphatic carbocycles. The lowest BCUT2D eigenvalue weighted by molar-refractivity contribution is -0.153. The summed E-state index contributed by atoms with van der Waals surface area (Å²) in [7, 11) is 0. The maximum absolute atomic E-state index is 11.8. The van der Waals surface area contributed by atoms with Crippen LogP contribution in [0.25, 0.3) is 0 Å². The van der Waals surface area contributed by atoms with Crippen molar-refractivity contribution in [1.29, 1.82) is 0 Å². The minimum atomic E-state index is -1.25. The Kier molecular flexibility index (Phi) is 7.85. The van der Waals surface area contributed by atoms with E-state index in [4.69, 9.17) is 26.2 Å². The second-order valence-corrected chi connectivity index (χ2v) is 6.95. The third-order valence-electron chi connectivity index (χ3n) is 2.97. The average molecular weight is 387 g/mol. The molecule has 0 saturated carbocycles. The number of carbonyl (C=O) groups is 3. The molecule has 0 radical (unpaired) electrons. The van der Waals surface area contributed by atoms with Crippen molar-refractivity contribution in [1.82, 2.24) is 5.32 Å². The van der Waals surface area contributed by atoms with Gasteiger partial charge in [-0.25, -0.2) is 4.79 Å². The summed E-state index contributed by atoms with van der Waals surface area (Å²) in [6.45, 7) is 6.54. The molecule has 0 spiro atoms. The van der Waals surface area contributed by atoms with Crippen LogP contribution in [0, 0.1) is 6.92 Å². The molecular weight excluding hydrogens is 364 g/mol. The first-order chi connectivity index (χ1) is 12.0. The highest BCUT2D eigenvalue weighted by Crippen LogP contribution is 2.25. The van der Waals surface area contributed by atoms with E-state index in [1.165, 1.54) is 6.07 Å². The molecule has 0 bridgehead atoms. The van der Waals surface area contributed by atoms with Crippen LogP contribution in [0.2, 0.25) is 5.02 Å². The number of hydrogen-bond donors (Lipinski definition) is 3. The summed E-state index contributed by atoms with van der Waals surface area (Å²) < 4.78 is 10.2. The molecule has 3 N–H and O–H groups in total. The summed E-state index contributed by atoms with van der Waals surface area (Å²) in [4.78, 5) is 34.1. The lowest BCUT2D eigenvalue weighted by Gasteiger charge is -2.19. The highest BCUT2D eigenvalue weighted by molar-refractivity contribution is 6.31. The van der Waals surface area contributed by atoms with E-state index in [1.807, 2.05) is 0 Å². The number of hydrogen-bond acceptors (Lipinski definition) is 6. The summed E-state index contributed by atoms with van der Waals surface area (Å²) in [5.41, 5.74) is 0.827. The standard InChI is InChI=1S/C17H23ClN2O6/c1-10-5-11(13(6-12(10)18)20-16(23)24)9-25-14(21)7-19-8-15(22)26-17(2,3)4/h5-6,19-20H,7-9H2,1-4H3,(H,23,24). The average Bonchev–Trinajstić information content (AvgIpc) is 2.47. The molecule has 0 saturated heterocycles. The third-order valence-corrected chi connectivity index (χ3v) is 3.38. The first kappa shape index (κ1) is 21.7. The van der Waals surface area contributed by atoms with Crippen molar-refractivity contribution in [3.8, 4) is 0 Å². The minimum absolute atomic E-state index is 0.127. The molecule has 144 valence electrons. The van der Waals surface area contributed by atoms with Crippen molar-refractivity contribution < 1.29 is 29.0 Å². The molecule has 1 amide bonds. The van der Waals surface area contributed by atoms with Crippen LogP contribution < -0.4 is 10.6 Å². The van der Waals surface area contributed by atoms with Crippen LogP contribution >= 0.6 is 11.6 Å². The second kappa shape index (κ2) is 9.40. The Morgan fingerprint density at radius 3 is 2.35 bits per heavy atom. The molecule has 0 aliphatic rings. The molecule has 26 heavy (non-hydrogen) atoms. The van der Waals surface area contributed by atoms with E-state index in [9.17, 15) is 14.4 Å². The molecule has 0 unspecified atom stereocenters. The van der Waals surface area contributed by atoms with Crippen LogP contribution in [0.3, 0.4) is 0 Å². The van der Waals surface area contributed by atoms with Crippen LogP contribution in [0.5, 0.6) is 0 Å². The predicted octanol–water partition coefficient (Wildman–Crippen LogP) is 2.71. The number of amides is 1. The van der Waals surface area contributed by atoms with Gasteiger partial charge in [0.05, 0.1) is 18.8 Å². The predicted molar refractivity (Wildman–Crippen MR) is 96.3 cm³/mol. The van der Waals surface area contributed by atoms with E-state index in [-0.39, 0.29) is 25.4 Å². The van der Waals surface area contributed by atoms with Crippen molar-refractivity contribution in [2.24, 2.45) is 0 Å². The van der Waals surface area contributed by atoms with Gasteiger partial charge in [0.25, 0.3) is 0 Å². The summed E-state index contributed by atoms with van der Waals surface area (Å²) in [5.74, 6) is -1.07. The normalized spacial score (nSPS) is 11.0. The van der Waals surface area contributed by atoms with Crippen LogP contribution in [0.1, 0.15) is 31.9 Å². The quantitative estimate of drug-likeness (QED) is 0.617. The fraction of sp³-hybridized carbons (Fsp3) is 0.471. The third kappa shape index (κ3) is 8.17. The first-order valence-electron chi connectivity index (χ1n) is 7.85. The molecule has 1 rings (SSSR count). The van der Waals surface area contributed by atoms with Gasteiger partial charge in [-0.15, -0.1) is 0 Å². The molecule has 0 fully saturated rings. The van der Waals surface area contributed by atoms with Gasteiger partial charge in [0.2, 0.25) is 0 Å². The van der Waals surface area contributed by atoms with Gasteiger partial charge in [-0.05, 0) is 45.4 Å². The van der Waals surface area contributed by atoms with Gasteiger partial charge >= 0.3 is 18.0 Å². The van der Waals surface area contributed by atoms with Crippen LogP contribution in [-0.2, 0) is 25.7 Å². The Morgan fingerprint density at radius 2 is 1.77 bits per heavy atom. The second-order valence-electron chi connectivity index (χ2n) is 6.54. The molecule has 1 aromatic carbocycles. The smallest absolute Gasteiger partial charge is 0.409 e. The number of esters is 2. The molecule has 0 aromatic heterocycles. The van der Waals surface area contributed by atoms with Gasteiger partial charge in [0.15, 0.2) is 0 Å². The van der Waals surface area contributed by atoms with Crippen molar-refractivity contribution in [3.05, 3.63) is 28.3 Å². The van der Waals surface area contributed by atoms with Crippen LogP contribution in [0.15, 0.2) is 12.1 Å². The zero-order valence-electron chi connectivity index (χ0n) is 15.1. The van der Waals surface area contributed by atoms with Gasteiger partial charge in [-0.3, -0.25) is 20.2 Å². The SMILES string of the molecule is Cc1cc(COC(=O)CNCC(=O)OC(C)(C)C)c(NC(=O)O)cc1Cl. The van der Waals surface area contributed by atoms with Gasteiger partial charge in [-0.1, -0.05) is 11.6 Å². The maximum Gasteiger partial charge on any atom is 0.409 e. The summed E-state index contributed by atoms with van der Waals surface area (Å²) in [6, 6.07) is 3.09. The topological polar surface area (TPSA) is 114 Å². The van der Waals surface area contributed by atoms with Gasteiger partial charge in [-0.2, -0.15) is 0 Å². The van der Waals surface area contributed by atoms with Gasteiger partial charge in [0.1, 0.15) is 12.2 Å². The Labute approximate surface area is 156 Å². The number of rotatable bonds is 7. The molecule has 0 aliphatic heterocycles. The highest BCUT2D eigenvalue weighted by Gasteiger charge is 2.16. The van der Waals surface area contributed by atoms with E-state index >= 15 is 0 Å². The number of benzene rings is 1. The Bertz CT molecular complexity index is 685.